The van der Waals surface area contributed by atoms with Gasteiger partial charge in [0, 0.05) is 25.4 Å². The number of aromatic nitrogens is 2. The lowest BCUT2D eigenvalue weighted by molar-refractivity contribution is 0.208. The first-order chi connectivity index (χ1) is 10.8. The van der Waals surface area contributed by atoms with Crippen molar-refractivity contribution < 1.29 is 9.50 Å². The Morgan fingerprint density at radius 3 is 2.82 bits per heavy atom. The highest BCUT2D eigenvalue weighted by Crippen LogP contribution is 2.23. The predicted molar refractivity (Wildman–Crippen MR) is 83.3 cm³/mol. The molecule has 22 heavy (non-hydrogen) atoms. The zero-order valence-electron chi connectivity index (χ0n) is 12.7. The molecule has 4 nitrogen and oxygen atoms in total. The van der Waals surface area contributed by atoms with Crippen molar-refractivity contribution in [1.29, 1.82) is 0 Å². The van der Waals surface area contributed by atoms with E-state index in [9.17, 15) is 4.39 Å². The first-order valence-electron chi connectivity index (χ1n) is 7.91. The van der Waals surface area contributed by atoms with Gasteiger partial charge < -0.3 is 5.11 Å². The van der Waals surface area contributed by atoms with Crippen molar-refractivity contribution in [3.8, 4) is 5.69 Å². The molecule has 5 heteroatoms. The van der Waals surface area contributed by atoms with Crippen molar-refractivity contribution >= 4 is 0 Å². The number of hydrogen-bond acceptors (Lipinski definition) is 3. The minimum absolute atomic E-state index is 0.236. The summed E-state index contributed by atoms with van der Waals surface area (Å²) in [6.07, 6.45) is 6.26. The fourth-order valence-electron chi connectivity index (χ4n) is 3.15. The molecule has 0 aliphatic carbocycles. The normalized spacial score (nSPS) is 18.9. The molecule has 1 N–H and O–H groups in total. The molecule has 1 aromatic carbocycles. The Labute approximate surface area is 130 Å². The highest BCUT2D eigenvalue weighted by Gasteiger charge is 2.24. The lowest BCUT2D eigenvalue weighted by atomic mass is 10.1. The molecule has 0 bridgehead atoms. The Kier molecular flexibility index (Phi) is 4.85. The second-order valence-corrected chi connectivity index (χ2v) is 5.86. The molecule has 118 valence electrons. The fraction of sp³-hybridized carbons (Fsp3) is 0.471. The second-order valence-electron chi connectivity index (χ2n) is 5.86. The summed E-state index contributed by atoms with van der Waals surface area (Å²) in [5.41, 5.74) is 1.89. The number of aliphatic hydroxyl groups excluding tert-OH is 1. The third kappa shape index (κ3) is 3.54. The van der Waals surface area contributed by atoms with Gasteiger partial charge in [0.15, 0.2) is 0 Å². The van der Waals surface area contributed by atoms with Crippen molar-refractivity contribution in [3.63, 3.8) is 0 Å². The minimum Gasteiger partial charge on any atom is -0.396 e. The Balaban J connectivity index is 1.65. The molecular weight excluding hydrogens is 281 g/mol. The highest BCUT2D eigenvalue weighted by atomic mass is 19.1. The van der Waals surface area contributed by atoms with Gasteiger partial charge in [-0.3, -0.25) is 4.90 Å². The van der Waals surface area contributed by atoms with Crippen molar-refractivity contribution in [1.82, 2.24) is 14.7 Å². The van der Waals surface area contributed by atoms with Crippen molar-refractivity contribution in [3.05, 3.63) is 48.0 Å². The summed E-state index contributed by atoms with van der Waals surface area (Å²) in [6, 6.07) is 8.93. The molecule has 1 aromatic heterocycles. The summed E-state index contributed by atoms with van der Waals surface area (Å²) in [5, 5.41) is 13.6. The third-order valence-corrected chi connectivity index (χ3v) is 4.30. The van der Waals surface area contributed by atoms with Crippen LogP contribution < -0.4 is 0 Å². The van der Waals surface area contributed by atoms with Crippen LogP contribution in [0.1, 0.15) is 31.4 Å². The molecule has 1 saturated heterocycles. The van der Waals surface area contributed by atoms with Crippen LogP contribution in [0.5, 0.6) is 0 Å². The molecule has 0 spiro atoms. The number of nitrogens with zero attached hydrogens (tertiary/aromatic N) is 3. The molecule has 2 heterocycles. The topological polar surface area (TPSA) is 41.3 Å². The number of benzene rings is 1. The maximum Gasteiger partial charge on any atom is 0.123 e. The Hall–Kier alpha value is -1.72. The number of aliphatic hydroxyl groups is 1. The van der Waals surface area contributed by atoms with Gasteiger partial charge in [-0.15, -0.1) is 0 Å². The summed E-state index contributed by atoms with van der Waals surface area (Å²) < 4.78 is 14.8. The molecule has 3 rings (SSSR count). The fourth-order valence-corrected chi connectivity index (χ4v) is 3.15. The van der Waals surface area contributed by atoms with Gasteiger partial charge in [0.1, 0.15) is 5.82 Å². The summed E-state index contributed by atoms with van der Waals surface area (Å²) in [6.45, 7) is 2.20. The first-order valence-corrected chi connectivity index (χ1v) is 7.91. The molecular formula is C17H22FN3O. The van der Waals surface area contributed by atoms with Crippen LogP contribution in [-0.2, 0) is 6.54 Å². The van der Waals surface area contributed by atoms with Crippen LogP contribution in [-0.4, -0.2) is 39.0 Å². The summed E-state index contributed by atoms with van der Waals surface area (Å²) >= 11 is 0. The number of likely N-dealkylation sites (tertiary alicyclic amines) is 1. The molecule has 1 unspecified atom stereocenters. The smallest absolute Gasteiger partial charge is 0.123 e. The number of halogens is 1. The van der Waals surface area contributed by atoms with E-state index in [0.29, 0.717) is 6.04 Å². The van der Waals surface area contributed by atoms with Crippen LogP contribution in [0.15, 0.2) is 36.5 Å². The van der Waals surface area contributed by atoms with E-state index >= 15 is 0 Å². The molecule has 0 saturated carbocycles. The minimum atomic E-state index is -0.236. The van der Waals surface area contributed by atoms with Crippen LogP contribution in [0.25, 0.3) is 5.69 Å². The number of hydrogen-bond donors (Lipinski definition) is 1. The Morgan fingerprint density at radius 1 is 1.23 bits per heavy atom. The largest absolute Gasteiger partial charge is 0.396 e. The van der Waals surface area contributed by atoms with E-state index in [1.807, 2.05) is 12.3 Å². The maximum absolute atomic E-state index is 13.0. The average molecular weight is 303 g/mol. The molecule has 0 radical (unpaired) electrons. The maximum atomic E-state index is 13.0. The van der Waals surface area contributed by atoms with Gasteiger partial charge in [-0.1, -0.05) is 0 Å². The average Bonchev–Trinajstić information content (AvgIpc) is 3.16. The number of rotatable bonds is 6. The summed E-state index contributed by atoms with van der Waals surface area (Å²) in [5.74, 6) is -0.236. The standard InChI is InChI=1S/C17H22FN3O/c18-14-5-7-17(8-6-14)21-11-9-15(19-21)13-20-10-1-3-16(20)4-2-12-22/h5-9,11,16,22H,1-4,10,12-13H2. The first kappa shape index (κ1) is 15.2. The lowest BCUT2D eigenvalue weighted by Crippen LogP contribution is -2.29. The third-order valence-electron chi connectivity index (χ3n) is 4.30. The van der Waals surface area contributed by atoms with Crippen molar-refractivity contribution in [2.24, 2.45) is 0 Å². The highest BCUT2D eigenvalue weighted by molar-refractivity contribution is 5.31. The van der Waals surface area contributed by atoms with Gasteiger partial charge in [0.25, 0.3) is 0 Å². The lowest BCUT2D eigenvalue weighted by Gasteiger charge is -2.23. The van der Waals surface area contributed by atoms with Gasteiger partial charge in [0.05, 0.1) is 11.4 Å². The Bertz CT molecular complexity index is 596. The SMILES string of the molecule is OCCCC1CCCN1Cc1ccn(-c2ccc(F)cc2)n1. The van der Waals surface area contributed by atoms with Crippen LogP contribution in [0.3, 0.4) is 0 Å². The molecule has 0 amide bonds. The molecule has 1 aliphatic rings. The molecule has 1 fully saturated rings. The molecule has 1 aliphatic heterocycles. The van der Waals surface area contributed by atoms with Gasteiger partial charge >= 0.3 is 0 Å². The van der Waals surface area contributed by atoms with Crippen LogP contribution >= 0.6 is 0 Å². The monoisotopic (exact) mass is 303 g/mol. The summed E-state index contributed by atoms with van der Waals surface area (Å²) in [7, 11) is 0. The van der Waals surface area contributed by atoms with E-state index in [1.54, 1.807) is 16.8 Å². The van der Waals surface area contributed by atoms with Crippen molar-refractivity contribution in [2.75, 3.05) is 13.2 Å². The van der Waals surface area contributed by atoms with E-state index in [-0.39, 0.29) is 12.4 Å². The van der Waals surface area contributed by atoms with Gasteiger partial charge in [-0.25, -0.2) is 9.07 Å². The van der Waals surface area contributed by atoms with Gasteiger partial charge in [0.2, 0.25) is 0 Å². The van der Waals surface area contributed by atoms with Gasteiger partial charge in [-0.05, 0) is 62.6 Å². The summed E-state index contributed by atoms with van der Waals surface area (Å²) in [4.78, 5) is 2.45. The van der Waals surface area contributed by atoms with Crippen LogP contribution in [0.4, 0.5) is 4.39 Å². The Morgan fingerprint density at radius 2 is 2.05 bits per heavy atom. The van der Waals surface area contributed by atoms with Gasteiger partial charge in [-0.2, -0.15) is 5.10 Å². The molecule has 2 aromatic rings. The quantitative estimate of drug-likeness (QED) is 0.892. The van der Waals surface area contributed by atoms with Crippen LogP contribution in [0.2, 0.25) is 0 Å². The van der Waals surface area contributed by atoms with Crippen LogP contribution in [0, 0.1) is 5.82 Å². The van der Waals surface area contributed by atoms with E-state index in [1.165, 1.54) is 25.0 Å². The van der Waals surface area contributed by atoms with Crippen molar-refractivity contribution in [2.45, 2.75) is 38.3 Å². The van der Waals surface area contributed by atoms with E-state index in [4.69, 9.17) is 5.11 Å². The van der Waals surface area contributed by atoms with E-state index in [2.05, 4.69) is 10.00 Å². The predicted octanol–water partition coefficient (Wildman–Crippen LogP) is 2.75. The molecule has 1 atom stereocenters. The second kappa shape index (κ2) is 7.03. The zero-order chi connectivity index (χ0) is 15.4. The zero-order valence-corrected chi connectivity index (χ0v) is 12.7. The van der Waals surface area contributed by atoms with E-state index < -0.39 is 0 Å². The van der Waals surface area contributed by atoms with E-state index in [0.717, 1.165) is 37.3 Å².